The first-order valence-electron chi connectivity index (χ1n) is 10.2. The minimum atomic E-state index is -3.67. The number of carbonyl (C=O) groups excluding carboxylic acids is 1. The Labute approximate surface area is 181 Å². The molecule has 31 heavy (non-hydrogen) atoms. The van der Waals surface area contributed by atoms with Crippen molar-refractivity contribution in [2.45, 2.75) is 43.0 Å². The molecule has 0 bridgehead atoms. The molecule has 1 aliphatic carbocycles. The summed E-state index contributed by atoms with van der Waals surface area (Å²) < 4.78 is 29.1. The summed E-state index contributed by atoms with van der Waals surface area (Å²) in [5.74, 6) is -0.382. The molecule has 0 radical (unpaired) electrons. The molecule has 0 spiro atoms. The molecule has 1 N–H and O–H groups in total. The standard InChI is InChI=1S/C21H24N6O3S/c1-26(18-7-3-2-4-8-18)31(29,30)20-9-5-6-16(14-20)21(28)23-17-10-12-19(13-11-17)27-15-22-24-25-27/h5-6,9-15,18H,2-4,7-8H2,1H3,(H,23,28). The van der Waals surface area contributed by atoms with Gasteiger partial charge in [0, 0.05) is 24.3 Å². The van der Waals surface area contributed by atoms with Crippen LogP contribution in [0.25, 0.3) is 5.69 Å². The number of sulfonamides is 1. The van der Waals surface area contributed by atoms with Crippen LogP contribution >= 0.6 is 0 Å². The third-order valence-corrected chi connectivity index (χ3v) is 7.51. The molecule has 0 atom stereocenters. The van der Waals surface area contributed by atoms with Crippen molar-refractivity contribution in [2.24, 2.45) is 0 Å². The SMILES string of the molecule is CN(C1CCCCC1)S(=O)(=O)c1cccc(C(=O)Nc2ccc(-n3cnnn3)cc2)c1. The molecule has 162 valence electrons. The molecule has 1 aromatic heterocycles. The average molecular weight is 441 g/mol. The summed E-state index contributed by atoms with van der Waals surface area (Å²) in [4.78, 5) is 12.8. The Kier molecular flexibility index (Phi) is 6.10. The number of nitrogens with zero attached hydrogens (tertiary/aromatic N) is 5. The summed E-state index contributed by atoms with van der Waals surface area (Å²) in [6.07, 6.45) is 6.45. The van der Waals surface area contributed by atoms with Crippen molar-refractivity contribution in [2.75, 3.05) is 12.4 Å². The van der Waals surface area contributed by atoms with Crippen molar-refractivity contribution in [3.63, 3.8) is 0 Å². The molecular formula is C21H24N6O3S. The molecule has 1 saturated carbocycles. The van der Waals surface area contributed by atoms with E-state index < -0.39 is 10.0 Å². The van der Waals surface area contributed by atoms with E-state index in [9.17, 15) is 13.2 Å². The smallest absolute Gasteiger partial charge is 0.255 e. The minimum absolute atomic E-state index is 0.00920. The van der Waals surface area contributed by atoms with Crippen LogP contribution in [0, 0.1) is 0 Å². The first kappa shape index (κ1) is 21.1. The molecule has 10 heteroatoms. The fourth-order valence-electron chi connectivity index (χ4n) is 3.79. The van der Waals surface area contributed by atoms with Crippen LogP contribution in [-0.2, 0) is 10.0 Å². The predicted octanol–water partition coefficient (Wildman–Crippen LogP) is 2.87. The Morgan fingerprint density at radius 3 is 2.52 bits per heavy atom. The van der Waals surface area contributed by atoms with Gasteiger partial charge < -0.3 is 5.32 Å². The zero-order chi connectivity index (χ0) is 21.8. The molecule has 1 aliphatic rings. The molecule has 4 rings (SSSR count). The summed E-state index contributed by atoms with van der Waals surface area (Å²) in [7, 11) is -2.04. The van der Waals surface area contributed by atoms with Crippen LogP contribution < -0.4 is 5.32 Å². The molecule has 0 aliphatic heterocycles. The second-order valence-electron chi connectivity index (χ2n) is 7.60. The first-order chi connectivity index (χ1) is 14.9. The van der Waals surface area contributed by atoms with E-state index in [1.54, 1.807) is 43.4 Å². The highest BCUT2D eigenvalue weighted by Gasteiger charge is 2.29. The number of hydrogen-bond acceptors (Lipinski definition) is 6. The Morgan fingerprint density at radius 1 is 1.10 bits per heavy atom. The van der Waals surface area contributed by atoms with Gasteiger partial charge in [-0.1, -0.05) is 25.3 Å². The van der Waals surface area contributed by atoms with Gasteiger partial charge in [-0.25, -0.2) is 13.1 Å². The second kappa shape index (κ2) is 8.94. The molecule has 0 saturated heterocycles. The van der Waals surface area contributed by atoms with Crippen LogP contribution in [0.5, 0.6) is 0 Å². The van der Waals surface area contributed by atoms with E-state index in [0.29, 0.717) is 5.69 Å². The van der Waals surface area contributed by atoms with E-state index in [-0.39, 0.29) is 22.4 Å². The predicted molar refractivity (Wildman–Crippen MR) is 115 cm³/mol. The number of carbonyl (C=O) groups is 1. The van der Waals surface area contributed by atoms with Crippen LogP contribution in [0.2, 0.25) is 0 Å². The van der Waals surface area contributed by atoms with Crippen molar-refractivity contribution >= 4 is 21.6 Å². The zero-order valence-electron chi connectivity index (χ0n) is 17.2. The zero-order valence-corrected chi connectivity index (χ0v) is 18.0. The fraction of sp³-hybridized carbons (Fsp3) is 0.333. The number of amides is 1. The van der Waals surface area contributed by atoms with Crippen LogP contribution in [0.1, 0.15) is 42.5 Å². The second-order valence-corrected chi connectivity index (χ2v) is 9.59. The molecule has 1 fully saturated rings. The number of aromatic nitrogens is 4. The van der Waals surface area contributed by atoms with Crippen molar-refractivity contribution in [3.05, 3.63) is 60.4 Å². The van der Waals surface area contributed by atoms with Crippen molar-refractivity contribution in [1.29, 1.82) is 0 Å². The van der Waals surface area contributed by atoms with E-state index in [2.05, 4.69) is 20.8 Å². The maximum absolute atomic E-state index is 13.1. The first-order valence-corrected chi connectivity index (χ1v) is 11.6. The molecule has 9 nitrogen and oxygen atoms in total. The van der Waals surface area contributed by atoms with Crippen LogP contribution in [-0.4, -0.2) is 51.9 Å². The van der Waals surface area contributed by atoms with Gasteiger partial charge in [0.2, 0.25) is 10.0 Å². The van der Waals surface area contributed by atoms with Crippen molar-refractivity contribution in [1.82, 2.24) is 24.5 Å². The van der Waals surface area contributed by atoms with E-state index in [0.717, 1.165) is 37.8 Å². The topological polar surface area (TPSA) is 110 Å². The molecule has 3 aromatic rings. The van der Waals surface area contributed by atoms with E-state index in [1.807, 2.05) is 0 Å². The molecule has 2 aromatic carbocycles. The molecular weight excluding hydrogens is 416 g/mol. The van der Waals surface area contributed by atoms with E-state index >= 15 is 0 Å². The van der Waals surface area contributed by atoms with Crippen molar-refractivity contribution in [3.8, 4) is 5.69 Å². The van der Waals surface area contributed by atoms with Gasteiger partial charge in [0.25, 0.3) is 5.91 Å². The van der Waals surface area contributed by atoms with E-state index in [1.165, 1.54) is 27.4 Å². The summed E-state index contributed by atoms with van der Waals surface area (Å²) >= 11 is 0. The van der Waals surface area contributed by atoms with Crippen molar-refractivity contribution < 1.29 is 13.2 Å². The van der Waals surface area contributed by atoms with Gasteiger partial charge in [-0.15, -0.1) is 5.10 Å². The number of hydrogen-bond donors (Lipinski definition) is 1. The lowest BCUT2D eigenvalue weighted by Crippen LogP contribution is -2.38. The Morgan fingerprint density at radius 2 is 1.84 bits per heavy atom. The number of tetrazole rings is 1. The van der Waals surface area contributed by atoms with Crippen LogP contribution in [0.4, 0.5) is 5.69 Å². The highest BCUT2D eigenvalue weighted by molar-refractivity contribution is 7.89. The van der Waals surface area contributed by atoms with Gasteiger partial charge in [0.15, 0.2) is 0 Å². The molecule has 1 amide bonds. The number of anilines is 1. The summed E-state index contributed by atoms with van der Waals surface area (Å²) in [5.41, 5.74) is 1.61. The lowest BCUT2D eigenvalue weighted by atomic mass is 9.96. The lowest BCUT2D eigenvalue weighted by molar-refractivity contribution is 0.102. The number of nitrogens with one attached hydrogen (secondary N) is 1. The lowest BCUT2D eigenvalue weighted by Gasteiger charge is -2.30. The third kappa shape index (κ3) is 4.64. The largest absolute Gasteiger partial charge is 0.322 e. The third-order valence-electron chi connectivity index (χ3n) is 5.60. The summed E-state index contributed by atoms with van der Waals surface area (Å²) in [6.45, 7) is 0. The normalized spacial score (nSPS) is 15.2. The fourth-order valence-corrected chi connectivity index (χ4v) is 5.25. The Hall–Kier alpha value is -3.11. The van der Waals surface area contributed by atoms with Gasteiger partial charge in [-0.05, 0) is 65.7 Å². The van der Waals surface area contributed by atoms with E-state index in [4.69, 9.17) is 0 Å². The highest BCUT2D eigenvalue weighted by Crippen LogP contribution is 2.27. The number of benzene rings is 2. The quantitative estimate of drug-likeness (QED) is 0.631. The van der Waals surface area contributed by atoms with Gasteiger partial charge >= 0.3 is 0 Å². The monoisotopic (exact) mass is 440 g/mol. The van der Waals surface area contributed by atoms with Crippen LogP contribution in [0.3, 0.4) is 0 Å². The summed E-state index contributed by atoms with van der Waals surface area (Å²) in [6, 6.07) is 13.2. The molecule has 1 heterocycles. The Balaban J connectivity index is 1.49. The highest BCUT2D eigenvalue weighted by atomic mass is 32.2. The number of rotatable bonds is 6. The maximum Gasteiger partial charge on any atom is 0.255 e. The average Bonchev–Trinajstić information content (AvgIpc) is 3.35. The van der Waals surface area contributed by atoms with Crippen LogP contribution in [0.15, 0.2) is 59.8 Å². The summed E-state index contributed by atoms with van der Waals surface area (Å²) in [5, 5.41) is 13.8. The Bertz CT molecular complexity index is 1140. The minimum Gasteiger partial charge on any atom is -0.322 e. The van der Waals surface area contributed by atoms with Gasteiger partial charge in [-0.2, -0.15) is 4.31 Å². The maximum atomic E-state index is 13.1. The van der Waals surface area contributed by atoms with Gasteiger partial charge in [-0.3, -0.25) is 4.79 Å². The van der Waals surface area contributed by atoms with Gasteiger partial charge in [0.1, 0.15) is 6.33 Å². The van der Waals surface area contributed by atoms with Gasteiger partial charge in [0.05, 0.1) is 10.6 Å². The molecule has 0 unspecified atom stereocenters.